The molecule has 39 heavy (non-hydrogen) atoms. The molecule has 0 unspecified atom stereocenters. The number of nitrogens with one attached hydrogen (secondary N) is 1. The minimum Gasteiger partial charge on any atom is -0.355 e. The molecule has 0 aliphatic rings. The number of halogens is 2. The number of carbonyl (C=O) groups excluding carboxylic acids is 2. The normalized spacial score (nSPS) is 11.7. The van der Waals surface area contributed by atoms with Crippen LogP contribution in [0, 0.1) is 0 Å². The molecule has 0 radical (unpaired) electrons. The van der Waals surface area contributed by atoms with Gasteiger partial charge in [0.25, 0.3) is 0 Å². The van der Waals surface area contributed by atoms with Crippen LogP contribution in [0.5, 0.6) is 0 Å². The van der Waals surface area contributed by atoms with Crippen molar-refractivity contribution in [1.82, 2.24) is 10.2 Å². The van der Waals surface area contributed by atoms with E-state index in [4.69, 9.17) is 23.2 Å². The minimum absolute atomic E-state index is 0.133. The molecule has 1 N–H and O–H groups in total. The summed E-state index contributed by atoms with van der Waals surface area (Å²) in [5.41, 5.74) is 3.78. The van der Waals surface area contributed by atoms with E-state index in [0.29, 0.717) is 23.0 Å². The van der Waals surface area contributed by atoms with Crippen molar-refractivity contribution in [3.05, 3.63) is 141 Å². The van der Waals surface area contributed by atoms with E-state index in [-0.39, 0.29) is 30.7 Å². The fraction of sp³-hybridized carbons (Fsp3) is 0.212. The Morgan fingerprint density at radius 2 is 1.36 bits per heavy atom. The first kappa shape index (κ1) is 28.4. The van der Waals surface area contributed by atoms with Gasteiger partial charge < -0.3 is 10.2 Å². The van der Waals surface area contributed by atoms with Crippen molar-refractivity contribution < 1.29 is 9.59 Å². The van der Waals surface area contributed by atoms with Crippen LogP contribution < -0.4 is 5.32 Å². The molecule has 0 heterocycles. The zero-order valence-corrected chi connectivity index (χ0v) is 23.4. The first-order valence-corrected chi connectivity index (χ1v) is 13.9. The predicted molar refractivity (Wildman–Crippen MR) is 159 cm³/mol. The average molecular weight is 560 g/mol. The van der Waals surface area contributed by atoms with Gasteiger partial charge in [0, 0.05) is 41.9 Å². The molecule has 4 aromatic carbocycles. The Bertz CT molecular complexity index is 1330. The van der Waals surface area contributed by atoms with E-state index in [1.165, 1.54) is 0 Å². The molecule has 1 atom stereocenters. The third-order valence-corrected chi connectivity index (χ3v) is 7.35. The van der Waals surface area contributed by atoms with Crippen molar-refractivity contribution >= 4 is 35.0 Å². The van der Waals surface area contributed by atoms with E-state index in [0.717, 1.165) is 22.3 Å². The summed E-state index contributed by atoms with van der Waals surface area (Å²) in [5.74, 6) is -0.503. The van der Waals surface area contributed by atoms with Gasteiger partial charge in [0.2, 0.25) is 11.8 Å². The molecule has 0 spiro atoms. The molecule has 0 saturated carbocycles. The summed E-state index contributed by atoms with van der Waals surface area (Å²) >= 11 is 12.7. The van der Waals surface area contributed by atoms with E-state index in [1.807, 2.05) is 104 Å². The molecule has 4 nitrogen and oxygen atoms in total. The highest BCUT2D eigenvalue weighted by molar-refractivity contribution is 6.35. The van der Waals surface area contributed by atoms with Crippen molar-refractivity contribution in [3.63, 3.8) is 0 Å². The van der Waals surface area contributed by atoms with Crippen LogP contribution in [0.25, 0.3) is 0 Å². The topological polar surface area (TPSA) is 49.4 Å². The quantitative estimate of drug-likeness (QED) is 0.210. The number of carbonyl (C=O) groups is 2. The molecule has 6 heteroatoms. The third kappa shape index (κ3) is 7.72. The summed E-state index contributed by atoms with van der Waals surface area (Å²) in [6.07, 6.45) is 0.578. The van der Waals surface area contributed by atoms with Crippen LogP contribution in [0.15, 0.2) is 109 Å². The van der Waals surface area contributed by atoms with Crippen molar-refractivity contribution in [2.45, 2.75) is 38.3 Å². The lowest BCUT2D eigenvalue weighted by atomic mass is 9.87. The summed E-state index contributed by atoms with van der Waals surface area (Å²) in [6.45, 7) is 2.52. The molecule has 0 aliphatic carbocycles. The second-order valence-corrected chi connectivity index (χ2v) is 10.3. The summed E-state index contributed by atoms with van der Waals surface area (Å²) in [7, 11) is 0. The molecule has 0 saturated heterocycles. The Labute approximate surface area is 240 Å². The Morgan fingerprint density at radius 3 is 1.90 bits per heavy atom. The Kier molecular flexibility index (Phi) is 10.2. The minimum atomic E-state index is -0.723. The van der Waals surface area contributed by atoms with Crippen LogP contribution in [0.1, 0.15) is 41.5 Å². The van der Waals surface area contributed by atoms with Gasteiger partial charge in [-0.2, -0.15) is 0 Å². The summed E-state index contributed by atoms with van der Waals surface area (Å²) in [6, 6.07) is 34.3. The summed E-state index contributed by atoms with van der Waals surface area (Å²) in [4.78, 5) is 29.5. The van der Waals surface area contributed by atoms with E-state index < -0.39 is 6.04 Å². The van der Waals surface area contributed by atoms with Crippen molar-refractivity contribution in [1.29, 1.82) is 0 Å². The SMILES string of the molecule is CCNC(=O)[C@H](Cc1ccccc1)N(Cc1ccc(Cl)cc1Cl)C(=O)CC(c1ccccc1)c1ccccc1. The van der Waals surface area contributed by atoms with E-state index >= 15 is 0 Å². The van der Waals surface area contributed by atoms with Gasteiger partial charge in [0.05, 0.1) is 0 Å². The van der Waals surface area contributed by atoms with Crippen molar-refractivity contribution in [2.24, 2.45) is 0 Å². The van der Waals surface area contributed by atoms with Gasteiger partial charge in [-0.3, -0.25) is 9.59 Å². The smallest absolute Gasteiger partial charge is 0.243 e. The highest BCUT2D eigenvalue weighted by atomic mass is 35.5. The fourth-order valence-electron chi connectivity index (χ4n) is 4.77. The number of hydrogen-bond donors (Lipinski definition) is 1. The molecule has 4 rings (SSSR count). The van der Waals surface area contributed by atoms with Crippen LogP contribution in [0.2, 0.25) is 10.0 Å². The van der Waals surface area contributed by atoms with Gasteiger partial charge in [0.1, 0.15) is 6.04 Å². The van der Waals surface area contributed by atoms with Crippen LogP contribution in [0.4, 0.5) is 0 Å². The standard InChI is InChI=1S/C33H32Cl2N2O2/c1-2-36-33(39)31(20-24-12-6-3-7-13-24)37(23-27-18-19-28(34)21-30(27)35)32(38)22-29(25-14-8-4-9-15-25)26-16-10-5-11-17-26/h3-19,21,29,31H,2,20,22-23H2,1H3,(H,36,39)/t31-/m0/s1. The maximum absolute atomic E-state index is 14.3. The number of rotatable bonds is 11. The van der Waals surface area contributed by atoms with Gasteiger partial charge in [-0.05, 0) is 41.3 Å². The summed E-state index contributed by atoms with van der Waals surface area (Å²) in [5, 5.41) is 3.91. The predicted octanol–water partition coefficient (Wildman–Crippen LogP) is 7.29. The zero-order chi connectivity index (χ0) is 27.6. The van der Waals surface area contributed by atoms with Gasteiger partial charge in [-0.1, -0.05) is 120 Å². The Morgan fingerprint density at radius 1 is 0.795 bits per heavy atom. The number of nitrogens with zero attached hydrogens (tertiary/aromatic N) is 1. The lowest BCUT2D eigenvalue weighted by Gasteiger charge is -2.33. The average Bonchev–Trinajstić information content (AvgIpc) is 2.96. The van der Waals surface area contributed by atoms with Gasteiger partial charge >= 0.3 is 0 Å². The largest absolute Gasteiger partial charge is 0.355 e. The van der Waals surface area contributed by atoms with Crippen LogP contribution in [-0.2, 0) is 22.6 Å². The van der Waals surface area contributed by atoms with Gasteiger partial charge in [0.15, 0.2) is 0 Å². The Balaban J connectivity index is 1.74. The van der Waals surface area contributed by atoms with Crippen molar-refractivity contribution in [3.8, 4) is 0 Å². The molecule has 2 amide bonds. The molecular weight excluding hydrogens is 527 g/mol. The highest BCUT2D eigenvalue weighted by Gasteiger charge is 2.32. The third-order valence-electron chi connectivity index (χ3n) is 6.76. The van der Waals surface area contributed by atoms with Crippen LogP contribution >= 0.6 is 23.2 Å². The Hall–Kier alpha value is -3.60. The molecular formula is C33H32Cl2N2O2. The molecule has 0 aliphatic heterocycles. The first-order chi connectivity index (χ1) is 19.0. The second-order valence-electron chi connectivity index (χ2n) is 9.44. The highest BCUT2D eigenvalue weighted by Crippen LogP contribution is 2.31. The molecule has 0 bridgehead atoms. The maximum Gasteiger partial charge on any atom is 0.243 e. The summed E-state index contributed by atoms with van der Waals surface area (Å²) < 4.78 is 0. The van der Waals surface area contributed by atoms with E-state index in [2.05, 4.69) is 5.32 Å². The number of likely N-dealkylation sites (N-methyl/N-ethyl adjacent to an activating group) is 1. The number of hydrogen-bond acceptors (Lipinski definition) is 2. The zero-order valence-electron chi connectivity index (χ0n) is 21.9. The van der Waals surface area contributed by atoms with Crippen molar-refractivity contribution in [2.75, 3.05) is 6.54 Å². The van der Waals surface area contributed by atoms with E-state index in [1.54, 1.807) is 17.0 Å². The fourth-order valence-corrected chi connectivity index (χ4v) is 5.24. The number of amides is 2. The number of benzene rings is 4. The monoisotopic (exact) mass is 558 g/mol. The van der Waals surface area contributed by atoms with Crippen LogP contribution in [-0.4, -0.2) is 29.3 Å². The van der Waals surface area contributed by atoms with Gasteiger partial charge in [-0.25, -0.2) is 0 Å². The lowest BCUT2D eigenvalue weighted by Crippen LogP contribution is -2.50. The first-order valence-electron chi connectivity index (χ1n) is 13.1. The molecule has 0 fully saturated rings. The molecule has 0 aromatic heterocycles. The maximum atomic E-state index is 14.3. The van der Waals surface area contributed by atoms with E-state index in [9.17, 15) is 9.59 Å². The second kappa shape index (κ2) is 14.0. The van der Waals surface area contributed by atoms with Gasteiger partial charge in [-0.15, -0.1) is 0 Å². The molecule has 200 valence electrons. The lowest BCUT2D eigenvalue weighted by molar-refractivity contribution is -0.141. The van der Waals surface area contributed by atoms with Crippen LogP contribution in [0.3, 0.4) is 0 Å². The molecule has 4 aromatic rings.